The van der Waals surface area contributed by atoms with E-state index in [1.807, 2.05) is 20.0 Å². The van der Waals surface area contributed by atoms with Crippen molar-refractivity contribution in [2.24, 2.45) is 7.05 Å². The summed E-state index contributed by atoms with van der Waals surface area (Å²) in [6.07, 6.45) is 1.58. The number of pyridine rings is 1. The highest BCUT2D eigenvalue weighted by atomic mass is 16.6. The number of benzene rings is 1. The first-order valence-corrected chi connectivity index (χ1v) is 7.88. The quantitative estimate of drug-likeness (QED) is 0.705. The van der Waals surface area contributed by atoms with Gasteiger partial charge in [0.2, 0.25) is 0 Å². The van der Waals surface area contributed by atoms with Crippen LogP contribution in [0.4, 0.5) is 5.69 Å². The van der Waals surface area contributed by atoms with Crippen LogP contribution in [0.15, 0.2) is 36.5 Å². The molecule has 0 radical (unpaired) electrons. The summed E-state index contributed by atoms with van der Waals surface area (Å²) in [6, 6.07) is 8.38. The van der Waals surface area contributed by atoms with Crippen molar-refractivity contribution < 1.29 is 19.1 Å². The molecule has 0 fully saturated rings. The van der Waals surface area contributed by atoms with E-state index in [4.69, 9.17) is 4.74 Å². The molecule has 0 atom stereocenters. The van der Waals surface area contributed by atoms with Crippen LogP contribution < -0.4 is 10.1 Å². The molecule has 0 saturated carbocycles. The normalized spacial score (nSPS) is 10.6. The Morgan fingerprint density at radius 1 is 1.27 bits per heavy atom. The maximum Gasteiger partial charge on any atom is 0.343 e. The van der Waals surface area contributed by atoms with E-state index >= 15 is 0 Å². The lowest BCUT2D eigenvalue weighted by Crippen LogP contribution is -2.14. The van der Waals surface area contributed by atoms with Gasteiger partial charge in [0.25, 0.3) is 5.91 Å². The number of aryl methyl sites for hydroxylation is 2. The highest BCUT2D eigenvalue weighted by molar-refractivity contribution is 6.05. The number of hydrogen-bond donors (Lipinski definition) is 1. The monoisotopic (exact) mass is 354 g/mol. The SMILES string of the molecule is COC(=O)COc1cccc(C(=O)Nc2cnc3c(c2)c(C)nn3C)c1. The lowest BCUT2D eigenvalue weighted by molar-refractivity contribution is -0.142. The molecular formula is C18H18N4O4. The molecule has 8 heteroatoms. The van der Waals surface area contributed by atoms with E-state index in [-0.39, 0.29) is 12.5 Å². The number of amides is 1. The molecule has 0 unspecified atom stereocenters. The van der Waals surface area contributed by atoms with Crippen LogP contribution in [-0.4, -0.2) is 40.4 Å². The van der Waals surface area contributed by atoms with Crippen molar-refractivity contribution in [3.05, 3.63) is 47.8 Å². The van der Waals surface area contributed by atoms with Crippen LogP contribution in [0.1, 0.15) is 16.1 Å². The number of anilines is 1. The van der Waals surface area contributed by atoms with Gasteiger partial charge in [-0.1, -0.05) is 6.07 Å². The molecule has 2 aromatic heterocycles. The van der Waals surface area contributed by atoms with Crippen LogP contribution in [0.5, 0.6) is 5.75 Å². The second-order valence-corrected chi connectivity index (χ2v) is 5.65. The number of carbonyl (C=O) groups excluding carboxylic acids is 2. The zero-order valence-electron chi connectivity index (χ0n) is 14.6. The number of hydrogen-bond acceptors (Lipinski definition) is 6. The minimum atomic E-state index is -0.494. The molecule has 1 N–H and O–H groups in total. The van der Waals surface area contributed by atoms with Gasteiger partial charge in [0.1, 0.15) is 5.75 Å². The van der Waals surface area contributed by atoms with Gasteiger partial charge in [-0.25, -0.2) is 9.78 Å². The van der Waals surface area contributed by atoms with Crippen molar-refractivity contribution in [1.29, 1.82) is 0 Å². The second kappa shape index (κ2) is 7.22. The van der Waals surface area contributed by atoms with Crippen LogP contribution in [0, 0.1) is 6.92 Å². The van der Waals surface area contributed by atoms with Crippen molar-refractivity contribution in [2.75, 3.05) is 19.0 Å². The summed E-state index contributed by atoms with van der Waals surface area (Å²) >= 11 is 0. The summed E-state index contributed by atoms with van der Waals surface area (Å²) in [5, 5.41) is 7.99. The van der Waals surface area contributed by atoms with Gasteiger partial charge in [0, 0.05) is 18.0 Å². The zero-order chi connectivity index (χ0) is 18.7. The van der Waals surface area contributed by atoms with E-state index < -0.39 is 5.97 Å². The minimum Gasteiger partial charge on any atom is -0.482 e. The highest BCUT2D eigenvalue weighted by Crippen LogP contribution is 2.20. The molecule has 0 aliphatic rings. The van der Waals surface area contributed by atoms with E-state index in [9.17, 15) is 9.59 Å². The van der Waals surface area contributed by atoms with Gasteiger partial charge in [0.15, 0.2) is 12.3 Å². The fourth-order valence-electron chi connectivity index (χ4n) is 2.51. The molecule has 0 aliphatic carbocycles. The van der Waals surface area contributed by atoms with Crippen molar-refractivity contribution in [1.82, 2.24) is 14.8 Å². The summed E-state index contributed by atoms with van der Waals surface area (Å²) in [5.41, 5.74) is 2.55. The van der Waals surface area contributed by atoms with Crippen molar-refractivity contribution in [3.63, 3.8) is 0 Å². The van der Waals surface area contributed by atoms with Crippen LogP contribution in [0.25, 0.3) is 11.0 Å². The third-order valence-electron chi connectivity index (χ3n) is 3.80. The maximum atomic E-state index is 12.5. The first-order chi connectivity index (χ1) is 12.5. The van der Waals surface area contributed by atoms with E-state index in [0.29, 0.717) is 17.0 Å². The number of rotatable bonds is 5. The molecule has 26 heavy (non-hydrogen) atoms. The maximum absolute atomic E-state index is 12.5. The van der Waals surface area contributed by atoms with E-state index in [1.165, 1.54) is 7.11 Å². The zero-order valence-corrected chi connectivity index (χ0v) is 14.6. The van der Waals surface area contributed by atoms with Crippen molar-refractivity contribution in [2.45, 2.75) is 6.92 Å². The van der Waals surface area contributed by atoms with E-state index in [1.54, 1.807) is 35.1 Å². The summed E-state index contributed by atoms with van der Waals surface area (Å²) in [5.74, 6) is -0.401. The Labute approximate surface area is 149 Å². The predicted octanol–water partition coefficient (Wildman–Crippen LogP) is 2.08. The number of nitrogens with zero attached hydrogens (tertiary/aromatic N) is 3. The molecule has 0 spiro atoms. The molecule has 1 amide bonds. The Bertz CT molecular complexity index is 980. The van der Waals surface area contributed by atoms with Gasteiger partial charge in [-0.3, -0.25) is 9.48 Å². The molecule has 0 aliphatic heterocycles. The predicted molar refractivity (Wildman–Crippen MR) is 95.2 cm³/mol. The lowest BCUT2D eigenvalue weighted by atomic mass is 10.2. The summed E-state index contributed by atoms with van der Waals surface area (Å²) < 4.78 is 11.5. The fraction of sp³-hybridized carbons (Fsp3) is 0.222. The second-order valence-electron chi connectivity index (χ2n) is 5.65. The number of fused-ring (bicyclic) bond motifs is 1. The first kappa shape index (κ1) is 17.4. The number of aromatic nitrogens is 3. The number of nitrogens with one attached hydrogen (secondary N) is 1. The third kappa shape index (κ3) is 3.64. The number of ether oxygens (including phenoxy) is 2. The Hall–Kier alpha value is -3.42. The number of esters is 1. The average Bonchev–Trinajstić information content (AvgIpc) is 2.93. The molecular weight excluding hydrogens is 336 g/mol. The van der Waals surface area contributed by atoms with Crippen molar-refractivity contribution >= 4 is 28.6 Å². The van der Waals surface area contributed by atoms with Gasteiger partial charge in [0.05, 0.1) is 24.7 Å². The molecule has 1 aromatic carbocycles. The van der Waals surface area contributed by atoms with Crippen LogP contribution in [0.3, 0.4) is 0 Å². The molecule has 3 rings (SSSR count). The Morgan fingerprint density at radius 3 is 2.85 bits per heavy atom. The fourth-order valence-corrected chi connectivity index (χ4v) is 2.51. The summed E-state index contributed by atoms with van der Waals surface area (Å²) in [7, 11) is 3.10. The third-order valence-corrected chi connectivity index (χ3v) is 3.80. The Kier molecular flexibility index (Phi) is 4.83. The molecule has 0 saturated heterocycles. The standard InChI is InChI=1S/C18H18N4O4/c1-11-15-8-13(9-19-17(15)22(2)21-11)20-18(24)12-5-4-6-14(7-12)26-10-16(23)25-3/h4-9H,10H2,1-3H3,(H,20,24). The number of carbonyl (C=O) groups is 2. The molecule has 0 bridgehead atoms. The minimum absolute atomic E-state index is 0.220. The molecule has 8 nitrogen and oxygen atoms in total. The van der Waals surface area contributed by atoms with E-state index in [0.717, 1.165) is 16.7 Å². The Balaban J connectivity index is 1.75. The van der Waals surface area contributed by atoms with Crippen LogP contribution in [0.2, 0.25) is 0 Å². The first-order valence-electron chi connectivity index (χ1n) is 7.88. The molecule has 134 valence electrons. The van der Waals surface area contributed by atoms with Gasteiger partial charge in [-0.2, -0.15) is 5.10 Å². The van der Waals surface area contributed by atoms with Crippen LogP contribution >= 0.6 is 0 Å². The van der Waals surface area contributed by atoms with Gasteiger partial charge >= 0.3 is 5.97 Å². The highest BCUT2D eigenvalue weighted by Gasteiger charge is 2.11. The lowest BCUT2D eigenvalue weighted by Gasteiger charge is -2.08. The molecule has 3 aromatic rings. The van der Waals surface area contributed by atoms with Gasteiger partial charge in [-0.05, 0) is 31.2 Å². The average molecular weight is 354 g/mol. The van der Waals surface area contributed by atoms with Crippen LogP contribution in [-0.2, 0) is 16.6 Å². The van der Waals surface area contributed by atoms with Crippen molar-refractivity contribution in [3.8, 4) is 5.75 Å². The largest absolute Gasteiger partial charge is 0.482 e. The van der Waals surface area contributed by atoms with E-state index in [2.05, 4.69) is 20.1 Å². The molecule has 2 heterocycles. The topological polar surface area (TPSA) is 95.3 Å². The smallest absolute Gasteiger partial charge is 0.343 e. The Morgan fingerprint density at radius 2 is 2.08 bits per heavy atom. The summed E-state index contributed by atoms with van der Waals surface area (Å²) in [6.45, 7) is 1.67. The van der Waals surface area contributed by atoms with Gasteiger partial charge in [-0.15, -0.1) is 0 Å². The number of methoxy groups -OCH3 is 1. The van der Waals surface area contributed by atoms with Gasteiger partial charge < -0.3 is 14.8 Å². The summed E-state index contributed by atoms with van der Waals surface area (Å²) in [4.78, 5) is 28.0.